The number of allylic oxidation sites excluding steroid dienone is 4. The van der Waals surface area contributed by atoms with Gasteiger partial charge in [-0.2, -0.15) is 0 Å². The van der Waals surface area contributed by atoms with Gasteiger partial charge in [0.15, 0.2) is 0 Å². The van der Waals surface area contributed by atoms with Crippen LogP contribution in [-0.4, -0.2) is 0 Å². The Labute approximate surface area is 173 Å². The van der Waals surface area contributed by atoms with E-state index in [0.29, 0.717) is 5.69 Å². The fraction of sp³-hybridized carbons (Fsp3) is 0.385. The van der Waals surface area contributed by atoms with Crippen molar-refractivity contribution in [2.75, 3.05) is 4.90 Å². The third kappa shape index (κ3) is 4.77. The van der Waals surface area contributed by atoms with Crippen LogP contribution in [0.2, 0.25) is 0 Å². The average Bonchev–Trinajstić information content (AvgIpc) is 2.63. The molecule has 2 aromatic carbocycles. The Morgan fingerprint density at radius 3 is 1.90 bits per heavy atom. The lowest BCUT2D eigenvalue weighted by molar-refractivity contribution is 0.479. The van der Waals surface area contributed by atoms with Crippen LogP contribution in [0.4, 0.5) is 20.2 Å². The largest absolute Gasteiger partial charge is 0.311 e. The molecule has 1 aliphatic rings. The van der Waals surface area contributed by atoms with E-state index >= 15 is 0 Å². The van der Waals surface area contributed by atoms with Gasteiger partial charge in [0.2, 0.25) is 0 Å². The van der Waals surface area contributed by atoms with Crippen LogP contribution in [0.15, 0.2) is 65.9 Å². The molecule has 0 saturated carbocycles. The first-order chi connectivity index (χ1) is 13.5. The Hall–Kier alpha value is -2.42. The van der Waals surface area contributed by atoms with E-state index in [9.17, 15) is 8.78 Å². The molecule has 0 atom stereocenters. The predicted octanol–water partition coefficient (Wildman–Crippen LogP) is 8.05. The van der Waals surface area contributed by atoms with E-state index in [0.717, 1.165) is 30.3 Å². The average molecular weight is 396 g/mol. The van der Waals surface area contributed by atoms with E-state index in [1.807, 2.05) is 17.0 Å². The second-order valence-corrected chi connectivity index (χ2v) is 9.83. The Morgan fingerprint density at radius 2 is 1.41 bits per heavy atom. The Bertz CT molecular complexity index is 938. The number of benzene rings is 2. The van der Waals surface area contributed by atoms with Crippen LogP contribution < -0.4 is 4.90 Å². The molecule has 0 heterocycles. The van der Waals surface area contributed by atoms with Gasteiger partial charge in [0.05, 0.1) is 5.69 Å². The molecule has 3 heteroatoms. The van der Waals surface area contributed by atoms with Crippen LogP contribution in [0.25, 0.3) is 0 Å². The number of nitrogens with zero attached hydrogens (tertiary/aromatic N) is 1. The first-order valence-corrected chi connectivity index (χ1v) is 10.2. The van der Waals surface area contributed by atoms with Gasteiger partial charge in [-0.05, 0) is 59.6 Å². The quantitative estimate of drug-likeness (QED) is 0.508. The summed E-state index contributed by atoms with van der Waals surface area (Å²) < 4.78 is 28.3. The SMILES string of the molecule is CC(C)(C)C1=CC=C(N(c2ccc(C(C)(C)C)cc2)c2ccc(F)cc2F)CC1. The molecule has 0 radical (unpaired) electrons. The highest BCUT2D eigenvalue weighted by atomic mass is 19.1. The molecule has 0 N–H and O–H groups in total. The molecule has 154 valence electrons. The summed E-state index contributed by atoms with van der Waals surface area (Å²) in [6, 6.07) is 12.0. The molecule has 0 amide bonds. The van der Waals surface area contributed by atoms with Crippen LogP contribution in [0, 0.1) is 17.0 Å². The smallest absolute Gasteiger partial charge is 0.150 e. The van der Waals surface area contributed by atoms with Crippen molar-refractivity contribution in [3.8, 4) is 0 Å². The lowest BCUT2D eigenvalue weighted by atomic mass is 9.81. The molecular weight excluding hydrogens is 364 g/mol. The molecular formula is C26H31F2N. The van der Waals surface area contributed by atoms with E-state index in [1.165, 1.54) is 23.3 Å². The molecule has 3 rings (SSSR count). The van der Waals surface area contributed by atoms with Gasteiger partial charge in [0.25, 0.3) is 0 Å². The zero-order valence-corrected chi connectivity index (χ0v) is 18.3. The second kappa shape index (κ2) is 7.78. The molecule has 0 saturated heterocycles. The van der Waals surface area contributed by atoms with E-state index in [1.54, 1.807) is 0 Å². The first-order valence-electron chi connectivity index (χ1n) is 10.2. The van der Waals surface area contributed by atoms with Gasteiger partial charge in [0, 0.05) is 17.5 Å². The van der Waals surface area contributed by atoms with E-state index in [4.69, 9.17) is 0 Å². The van der Waals surface area contributed by atoms with Crippen molar-refractivity contribution >= 4 is 11.4 Å². The summed E-state index contributed by atoms with van der Waals surface area (Å²) in [7, 11) is 0. The summed E-state index contributed by atoms with van der Waals surface area (Å²) in [6.45, 7) is 13.1. The maximum Gasteiger partial charge on any atom is 0.150 e. The highest BCUT2D eigenvalue weighted by Crippen LogP contribution is 2.39. The van der Waals surface area contributed by atoms with Gasteiger partial charge in [-0.1, -0.05) is 65.3 Å². The summed E-state index contributed by atoms with van der Waals surface area (Å²) in [5, 5.41) is 0. The number of anilines is 2. The van der Waals surface area contributed by atoms with Gasteiger partial charge in [-0.25, -0.2) is 8.78 Å². The number of rotatable bonds is 3. The lowest BCUT2D eigenvalue weighted by Gasteiger charge is -2.33. The van der Waals surface area contributed by atoms with Gasteiger partial charge in [-0.15, -0.1) is 0 Å². The van der Waals surface area contributed by atoms with Crippen molar-refractivity contribution in [1.29, 1.82) is 0 Å². The maximum absolute atomic E-state index is 14.8. The van der Waals surface area contributed by atoms with Crippen molar-refractivity contribution < 1.29 is 8.78 Å². The van der Waals surface area contributed by atoms with Crippen molar-refractivity contribution in [2.24, 2.45) is 5.41 Å². The molecule has 29 heavy (non-hydrogen) atoms. The number of hydrogen-bond donors (Lipinski definition) is 0. The molecule has 2 aromatic rings. The summed E-state index contributed by atoms with van der Waals surface area (Å²) in [6.07, 6.45) is 5.96. The van der Waals surface area contributed by atoms with Crippen LogP contribution in [0.3, 0.4) is 0 Å². The van der Waals surface area contributed by atoms with Crippen LogP contribution in [0.5, 0.6) is 0 Å². The fourth-order valence-electron chi connectivity index (χ4n) is 3.67. The summed E-state index contributed by atoms with van der Waals surface area (Å²) in [5.41, 5.74) is 5.00. The van der Waals surface area contributed by atoms with Crippen molar-refractivity contribution in [3.05, 3.63) is 83.1 Å². The second-order valence-electron chi connectivity index (χ2n) is 9.83. The molecule has 0 aliphatic heterocycles. The first kappa shape index (κ1) is 21.3. The zero-order chi connectivity index (χ0) is 21.4. The molecule has 0 bridgehead atoms. The van der Waals surface area contributed by atoms with E-state index < -0.39 is 11.6 Å². The minimum atomic E-state index is -0.568. The third-order valence-electron chi connectivity index (χ3n) is 5.52. The Balaban J connectivity index is 2.08. The summed E-state index contributed by atoms with van der Waals surface area (Å²) >= 11 is 0. The molecule has 0 spiro atoms. The lowest BCUT2D eigenvalue weighted by Crippen LogP contribution is -2.21. The van der Waals surface area contributed by atoms with Gasteiger partial charge in [-0.3, -0.25) is 0 Å². The predicted molar refractivity (Wildman–Crippen MR) is 118 cm³/mol. The monoisotopic (exact) mass is 395 g/mol. The highest BCUT2D eigenvalue weighted by Gasteiger charge is 2.24. The molecule has 0 fully saturated rings. The van der Waals surface area contributed by atoms with Crippen molar-refractivity contribution in [1.82, 2.24) is 0 Å². The summed E-state index contributed by atoms with van der Waals surface area (Å²) in [4.78, 5) is 1.91. The number of hydrogen-bond acceptors (Lipinski definition) is 1. The van der Waals surface area contributed by atoms with Gasteiger partial charge >= 0.3 is 0 Å². The van der Waals surface area contributed by atoms with Crippen LogP contribution in [-0.2, 0) is 5.41 Å². The fourth-order valence-corrected chi connectivity index (χ4v) is 3.67. The van der Waals surface area contributed by atoms with Gasteiger partial charge in [0.1, 0.15) is 11.6 Å². The molecule has 1 nitrogen and oxygen atoms in total. The van der Waals surface area contributed by atoms with E-state index in [-0.39, 0.29) is 10.8 Å². The van der Waals surface area contributed by atoms with Gasteiger partial charge < -0.3 is 4.90 Å². The third-order valence-corrected chi connectivity index (χ3v) is 5.52. The summed E-state index contributed by atoms with van der Waals surface area (Å²) in [5.74, 6) is -1.13. The topological polar surface area (TPSA) is 3.24 Å². The minimum Gasteiger partial charge on any atom is -0.311 e. The van der Waals surface area contributed by atoms with Crippen molar-refractivity contribution in [2.45, 2.75) is 59.8 Å². The molecule has 0 unspecified atom stereocenters. The highest BCUT2D eigenvalue weighted by molar-refractivity contribution is 5.70. The maximum atomic E-state index is 14.8. The zero-order valence-electron chi connectivity index (χ0n) is 18.3. The molecule has 0 aromatic heterocycles. The van der Waals surface area contributed by atoms with Crippen LogP contribution >= 0.6 is 0 Å². The molecule has 1 aliphatic carbocycles. The minimum absolute atomic E-state index is 0.0406. The Morgan fingerprint density at radius 1 is 0.759 bits per heavy atom. The number of halogens is 2. The standard InChI is InChI=1S/C26H31F2N/c1-25(2,3)18-7-12-21(13-8-18)29(24-16-11-20(27)17-23(24)28)22-14-9-19(10-15-22)26(4,5)6/h7-9,11-14,16-17H,10,15H2,1-6H3. The van der Waals surface area contributed by atoms with Crippen LogP contribution in [0.1, 0.15) is 59.9 Å². The van der Waals surface area contributed by atoms with Crippen molar-refractivity contribution in [3.63, 3.8) is 0 Å². The Kier molecular flexibility index (Phi) is 5.71. The normalized spacial score (nSPS) is 15.0. The van der Waals surface area contributed by atoms with E-state index in [2.05, 4.69) is 65.8 Å².